The van der Waals surface area contributed by atoms with E-state index in [1.807, 2.05) is 0 Å². The van der Waals surface area contributed by atoms with Crippen LogP contribution in [0, 0.1) is 10.1 Å². The van der Waals surface area contributed by atoms with Gasteiger partial charge >= 0.3 is 12.1 Å². The number of esters is 1. The molecule has 0 aromatic heterocycles. The number of rotatable bonds is 3. The molecule has 1 rings (SSSR count). The standard InChI is InChI=1S/C10H8F3NO4/c1-18-8(15)5-6-3-2-4-7(10(11,12)13)9(6)14(16)17/h2-4H,5H2,1H3. The minimum absolute atomic E-state index is 0.332. The molecule has 1 aromatic rings. The second-order valence-corrected chi connectivity index (χ2v) is 3.32. The van der Waals surface area contributed by atoms with Gasteiger partial charge in [-0.2, -0.15) is 13.2 Å². The Labute approximate surface area is 99.3 Å². The topological polar surface area (TPSA) is 69.4 Å². The Hall–Kier alpha value is -2.12. The summed E-state index contributed by atoms with van der Waals surface area (Å²) in [6, 6.07) is 2.69. The fraction of sp³-hybridized carbons (Fsp3) is 0.300. The number of nitro benzene ring substituents is 1. The quantitative estimate of drug-likeness (QED) is 0.476. The molecule has 0 amide bonds. The molecule has 0 aliphatic carbocycles. The van der Waals surface area contributed by atoms with E-state index in [-0.39, 0.29) is 5.56 Å². The first-order chi connectivity index (χ1) is 8.27. The van der Waals surface area contributed by atoms with Gasteiger partial charge in [-0.05, 0) is 6.07 Å². The van der Waals surface area contributed by atoms with Crippen molar-refractivity contribution in [1.82, 2.24) is 0 Å². The van der Waals surface area contributed by atoms with Gasteiger partial charge in [-0.25, -0.2) is 0 Å². The average molecular weight is 263 g/mol. The summed E-state index contributed by atoms with van der Waals surface area (Å²) in [5.74, 6) is -0.850. The third kappa shape index (κ3) is 2.96. The summed E-state index contributed by atoms with van der Waals surface area (Å²) < 4.78 is 42.0. The second-order valence-electron chi connectivity index (χ2n) is 3.32. The fourth-order valence-corrected chi connectivity index (χ4v) is 1.41. The minimum atomic E-state index is -4.85. The van der Waals surface area contributed by atoms with Crippen LogP contribution in [0.15, 0.2) is 18.2 Å². The molecule has 0 radical (unpaired) electrons. The zero-order chi connectivity index (χ0) is 13.9. The van der Waals surface area contributed by atoms with Crippen LogP contribution in [0.5, 0.6) is 0 Å². The third-order valence-electron chi connectivity index (χ3n) is 2.17. The Morgan fingerprint density at radius 3 is 2.50 bits per heavy atom. The molecule has 0 unspecified atom stereocenters. The Morgan fingerprint density at radius 1 is 1.44 bits per heavy atom. The molecular formula is C10H8F3NO4. The largest absolute Gasteiger partial charge is 0.469 e. The zero-order valence-corrected chi connectivity index (χ0v) is 9.15. The first kappa shape index (κ1) is 13.9. The average Bonchev–Trinajstić information content (AvgIpc) is 2.27. The number of hydrogen-bond acceptors (Lipinski definition) is 4. The molecule has 0 bridgehead atoms. The van der Waals surface area contributed by atoms with Crippen molar-refractivity contribution in [2.75, 3.05) is 7.11 Å². The maximum absolute atomic E-state index is 12.6. The molecule has 0 saturated carbocycles. The summed E-state index contributed by atoms with van der Waals surface area (Å²) in [4.78, 5) is 20.6. The van der Waals surface area contributed by atoms with Crippen molar-refractivity contribution >= 4 is 11.7 Å². The Morgan fingerprint density at radius 2 is 2.06 bits per heavy atom. The molecule has 0 heterocycles. The minimum Gasteiger partial charge on any atom is -0.469 e. The molecule has 98 valence electrons. The molecule has 5 nitrogen and oxygen atoms in total. The van der Waals surface area contributed by atoms with Crippen molar-refractivity contribution in [1.29, 1.82) is 0 Å². The van der Waals surface area contributed by atoms with Gasteiger partial charge in [0, 0.05) is 5.56 Å². The van der Waals surface area contributed by atoms with Crippen molar-refractivity contribution in [3.05, 3.63) is 39.4 Å². The van der Waals surface area contributed by atoms with Gasteiger partial charge in [0.05, 0.1) is 18.5 Å². The summed E-state index contributed by atoms with van der Waals surface area (Å²) in [6.07, 6.45) is -5.44. The lowest BCUT2D eigenvalue weighted by Crippen LogP contribution is -2.13. The molecule has 0 aliphatic heterocycles. The van der Waals surface area contributed by atoms with Gasteiger partial charge in [-0.15, -0.1) is 0 Å². The lowest BCUT2D eigenvalue weighted by Gasteiger charge is -2.09. The van der Waals surface area contributed by atoms with Gasteiger partial charge < -0.3 is 4.74 Å². The second kappa shape index (κ2) is 5.03. The number of benzene rings is 1. The number of ether oxygens (including phenoxy) is 1. The highest BCUT2D eigenvalue weighted by Gasteiger charge is 2.39. The molecule has 0 fully saturated rings. The summed E-state index contributed by atoms with van der Waals surface area (Å²) in [7, 11) is 1.04. The first-order valence-corrected chi connectivity index (χ1v) is 4.67. The maximum Gasteiger partial charge on any atom is 0.423 e. The van der Waals surface area contributed by atoms with Crippen molar-refractivity contribution in [3.63, 3.8) is 0 Å². The summed E-state index contributed by atoms with van der Waals surface area (Å²) in [6.45, 7) is 0. The van der Waals surface area contributed by atoms with Crippen LogP contribution in [-0.2, 0) is 22.1 Å². The fourth-order valence-electron chi connectivity index (χ4n) is 1.41. The van der Waals surface area contributed by atoms with Crippen LogP contribution in [0.25, 0.3) is 0 Å². The maximum atomic E-state index is 12.6. The Kier molecular flexibility index (Phi) is 3.89. The number of carbonyl (C=O) groups is 1. The van der Waals surface area contributed by atoms with Crippen LogP contribution in [-0.4, -0.2) is 18.0 Å². The van der Waals surface area contributed by atoms with Gasteiger partial charge in [0.2, 0.25) is 0 Å². The molecule has 0 saturated heterocycles. The van der Waals surface area contributed by atoms with Crippen LogP contribution in [0.4, 0.5) is 18.9 Å². The summed E-state index contributed by atoms with van der Waals surface area (Å²) in [5.41, 5.74) is -2.83. The van der Waals surface area contributed by atoms with E-state index < -0.39 is 34.7 Å². The van der Waals surface area contributed by atoms with Crippen molar-refractivity contribution in [3.8, 4) is 0 Å². The molecular weight excluding hydrogens is 255 g/mol. The highest BCUT2D eigenvalue weighted by molar-refractivity contribution is 5.74. The summed E-state index contributed by atoms with van der Waals surface area (Å²) in [5, 5.41) is 10.7. The van der Waals surface area contributed by atoms with Crippen molar-refractivity contribution in [2.24, 2.45) is 0 Å². The third-order valence-corrected chi connectivity index (χ3v) is 2.17. The van der Waals surface area contributed by atoms with Crippen molar-refractivity contribution < 1.29 is 27.6 Å². The van der Waals surface area contributed by atoms with E-state index in [0.717, 1.165) is 19.2 Å². The SMILES string of the molecule is COC(=O)Cc1cccc(C(F)(F)F)c1[N+](=O)[O-]. The Balaban J connectivity index is 3.35. The van der Waals surface area contributed by atoms with E-state index >= 15 is 0 Å². The number of para-hydroxylation sites is 1. The zero-order valence-electron chi connectivity index (χ0n) is 9.15. The van der Waals surface area contributed by atoms with Gasteiger partial charge in [0.15, 0.2) is 0 Å². The molecule has 0 N–H and O–H groups in total. The molecule has 0 spiro atoms. The van der Waals surface area contributed by atoms with Crippen LogP contribution >= 0.6 is 0 Å². The predicted molar refractivity (Wildman–Crippen MR) is 53.8 cm³/mol. The van der Waals surface area contributed by atoms with Crippen LogP contribution in [0.2, 0.25) is 0 Å². The molecule has 18 heavy (non-hydrogen) atoms. The number of halogens is 3. The van der Waals surface area contributed by atoms with E-state index in [2.05, 4.69) is 4.74 Å². The monoisotopic (exact) mass is 263 g/mol. The van der Waals surface area contributed by atoms with Gasteiger partial charge in [-0.3, -0.25) is 14.9 Å². The smallest absolute Gasteiger partial charge is 0.423 e. The number of methoxy groups -OCH3 is 1. The molecule has 0 aliphatic rings. The number of hydrogen-bond donors (Lipinski definition) is 0. The van der Waals surface area contributed by atoms with E-state index in [9.17, 15) is 28.1 Å². The highest BCUT2D eigenvalue weighted by Crippen LogP contribution is 2.37. The molecule has 8 heteroatoms. The summed E-state index contributed by atoms with van der Waals surface area (Å²) >= 11 is 0. The van der Waals surface area contributed by atoms with E-state index in [1.54, 1.807) is 0 Å². The van der Waals surface area contributed by atoms with Crippen LogP contribution in [0.1, 0.15) is 11.1 Å². The van der Waals surface area contributed by atoms with Gasteiger partial charge in [0.1, 0.15) is 5.56 Å². The van der Waals surface area contributed by atoms with Crippen LogP contribution in [0.3, 0.4) is 0 Å². The first-order valence-electron chi connectivity index (χ1n) is 4.67. The lowest BCUT2D eigenvalue weighted by atomic mass is 10.0. The van der Waals surface area contributed by atoms with E-state index in [4.69, 9.17) is 0 Å². The number of carbonyl (C=O) groups excluding carboxylic acids is 1. The molecule has 1 aromatic carbocycles. The normalized spacial score (nSPS) is 11.1. The predicted octanol–water partition coefficient (Wildman–Crippen LogP) is 2.33. The highest BCUT2D eigenvalue weighted by atomic mass is 19.4. The Bertz CT molecular complexity index is 485. The number of alkyl halides is 3. The number of nitro groups is 1. The van der Waals surface area contributed by atoms with Crippen LogP contribution < -0.4 is 0 Å². The van der Waals surface area contributed by atoms with E-state index in [1.165, 1.54) is 0 Å². The van der Waals surface area contributed by atoms with E-state index in [0.29, 0.717) is 6.07 Å². The number of nitrogens with zero attached hydrogens (tertiary/aromatic N) is 1. The van der Waals surface area contributed by atoms with Crippen molar-refractivity contribution in [2.45, 2.75) is 12.6 Å². The lowest BCUT2D eigenvalue weighted by molar-refractivity contribution is -0.388. The van der Waals surface area contributed by atoms with Gasteiger partial charge in [0.25, 0.3) is 5.69 Å². The van der Waals surface area contributed by atoms with Gasteiger partial charge in [-0.1, -0.05) is 12.1 Å². The molecule has 0 atom stereocenters.